The van der Waals surface area contributed by atoms with Gasteiger partial charge in [0.05, 0.1) is 6.10 Å². The molecular weight excluding hydrogens is 228 g/mol. The van der Waals surface area contributed by atoms with Crippen molar-refractivity contribution in [3.05, 3.63) is 0 Å². The molecule has 0 aromatic carbocycles. The van der Waals surface area contributed by atoms with E-state index in [-0.39, 0.29) is 11.3 Å². The van der Waals surface area contributed by atoms with Gasteiger partial charge in [0.2, 0.25) is 5.91 Å². The highest BCUT2D eigenvalue weighted by Gasteiger charge is 2.17. The van der Waals surface area contributed by atoms with Crippen molar-refractivity contribution in [3.63, 3.8) is 0 Å². The molecule has 1 atom stereocenters. The van der Waals surface area contributed by atoms with Gasteiger partial charge >= 0.3 is 0 Å². The minimum absolute atomic E-state index is 0.0508. The number of carbonyl (C=O) groups is 1. The summed E-state index contributed by atoms with van der Waals surface area (Å²) >= 11 is 0. The molecule has 106 valence electrons. The molecule has 1 aliphatic heterocycles. The number of aliphatic hydroxyl groups excluding tert-OH is 1. The predicted molar refractivity (Wildman–Crippen MR) is 73.4 cm³/mol. The average molecular weight is 256 g/mol. The van der Waals surface area contributed by atoms with Crippen molar-refractivity contribution in [1.29, 1.82) is 0 Å². The molecule has 0 bridgehead atoms. The standard InChI is InChI=1S/C14H28N2O2/c1-14(2,3)10-12(17)11-15-13(18)6-9-16-7-4-5-8-16/h12,17H,4-11H2,1-3H3,(H,15,18). The van der Waals surface area contributed by atoms with Crippen LogP contribution in [-0.2, 0) is 4.79 Å². The molecule has 2 N–H and O–H groups in total. The number of nitrogens with zero attached hydrogens (tertiary/aromatic N) is 1. The number of hydrogen-bond donors (Lipinski definition) is 2. The van der Waals surface area contributed by atoms with Gasteiger partial charge in [0.1, 0.15) is 0 Å². The molecule has 0 aromatic rings. The van der Waals surface area contributed by atoms with E-state index in [4.69, 9.17) is 0 Å². The van der Waals surface area contributed by atoms with Gasteiger partial charge in [-0.15, -0.1) is 0 Å². The van der Waals surface area contributed by atoms with Crippen LogP contribution in [0.4, 0.5) is 0 Å². The van der Waals surface area contributed by atoms with Crippen molar-refractivity contribution >= 4 is 5.91 Å². The summed E-state index contributed by atoms with van der Waals surface area (Å²) in [4.78, 5) is 13.9. The Hall–Kier alpha value is -0.610. The average Bonchev–Trinajstić information content (AvgIpc) is 2.74. The highest BCUT2D eigenvalue weighted by Crippen LogP contribution is 2.20. The topological polar surface area (TPSA) is 52.6 Å². The van der Waals surface area contributed by atoms with Gasteiger partial charge in [-0.1, -0.05) is 20.8 Å². The van der Waals surface area contributed by atoms with Gasteiger partial charge in [-0.3, -0.25) is 4.79 Å². The predicted octanol–water partition coefficient (Wildman–Crippen LogP) is 1.39. The van der Waals surface area contributed by atoms with Crippen LogP contribution in [0.25, 0.3) is 0 Å². The molecular formula is C14H28N2O2. The van der Waals surface area contributed by atoms with E-state index in [2.05, 4.69) is 31.0 Å². The van der Waals surface area contributed by atoms with Gasteiger partial charge < -0.3 is 15.3 Å². The van der Waals surface area contributed by atoms with E-state index in [1.54, 1.807) is 0 Å². The van der Waals surface area contributed by atoms with Crippen LogP contribution < -0.4 is 5.32 Å². The van der Waals surface area contributed by atoms with Gasteiger partial charge in [0.25, 0.3) is 0 Å². The fraction of sp³-hybridized carbons (Fsp3) is 0.929. The summed E-state index contributed by atoms with van der Waals surface area (Å²) in [5.74, 6) is 0.0508. The molecule has 0 radical (unpaired) electrons. The Bertz CT molecular complexity index is 255. The molecule has 4 nitrogen and oxygen atoms in total. The van der Waals surface area contributed by atoms with Crippen molar-refractivity contribution in [2.24, 2.45) is 5.41 Å². The van der Waals surface area contributed by atoms with Crippen molar-refractivity contribution in [2.45, 2.75) is 52.6 Å². The molecule has 1 fully saturated rings. The fourth-order valence-corrected chi connectivity index (χ4v) is 2.36. The zero-order valence-corrected chi connectivity index (χ0v) is 12.0. The van der Waals surface area contributed by atoms with E-state index in [9.17, 15) is 9.90 Å². The first kappa shape index (κ1) is 15.4. The molecule has 0 spiro atoms. The number of likely N-dealkylation sites (tertiary alicyclic amines) is 1. The molecule has 1 unspecified atom stereocenters. The minimum Gasteiger partial charge on any atom is -0.391 e. The number of hydrogen-bond acceptors (Lipinski definition) is 3. The van der Waals surface area contributed by atoms with Crippen LogP contribution in [0.3, 0.4) is 0 Å². The third kappa shape index (κ3) is 6.97. The van der Waals surface area contributed by atoms with Crippen molar-refractivity contribution < 1.29 is 9.90 Å². The molecule has 0 aromatic heterocycles. The lowest BCUT2D eigenvalue weighted by atomic mass is 9.89. The van der Waals surface area contributed by atoms with Crippen molar-refractivity contribution in [1.82, 2.24) is 10.2 Å². The highest BCUT2D eigenvalue weighted by atomic mass is 16.3. The second-order valence-corrected chi connectivity index (χ2v) is 6.52. The Balaban J connectivity index is 2.08. The van der Waals surface area contributed by atoms with Crippen LogP contribution in [0.15, 0.2) is 0 Å². The molecule has 18 heavy (non-hydrogen) atoms. The van der Waals surface area contributed by atoms with Crippen LogP contribution in [0, 0.1) is 5.41 Å². The number of amides is 1. The quantitative estimate of drug-likeness (QED) is 0.755. The lowest BCUT2D eigenvalue weighted by molar-refractivity contribution is -0.121. The summed E-state index contributed by atoms with van der Waals surface area (Å²) in [5.41, 5.74) is 0.0969. The maximum atomic E-state index is 11.6. The third-order valence-corrected chi connectivity index (χ3v) is 3.24. The lowest BCUT2D eigenvalue weighted by Crippen LogP contribution is -2.35. The minimum atomic E-state index is -0.444. The molecule has 1 aliphatic rings. The Morgan fingerprint density at radius 1 is 1.33 bits per heavy atom. The van der Waals surface area contributed by atoms with E-state index in [1.807, 2.05) is 0 Å². The van der Waals surface area contributed by atoms with Gasteiger partial charge in [-0.2, -0.15) is 0 Å². The number of nitrogens with one attached hydrogen (secondary N) is 1. The number of rotatable bonds is 6. The van der Waals surface area contributed by atoms with Crippen LogP contribution >= 0.6 is 0 Å². The molecule has 1 rings (SSSR count). The van der Waals surface area contributed by atoms with E-state index in [0.717, 1.165) is 19.6 Å². The van der Waals surface area contributed by atoms with Crippen LogP contribution in [0.2, 0.25) is 0 Å². The van der Waals surface area contributed by atoms with Gasteiger partial charge in [0.15, 0.2) is 0 Å². The maximum absolute atomic E-state index is 11.6. The van der Waals surface area contributed by atoms with Crippen molar-refractivity contribution in [3.8, 4) is 0 Å². The van der Waals surface area contributed by atoms with E-state index >= 15 is 0 Å². The van der Waals surface area contributed by atoms with E-state index in [0.29, 0.717) is 19.4 Å². The Morgan fingerprint density at radius 2 is 1.94 bits per heavy atom. The monoisotopic (exact) mass is 256 g/mol. The number of aliphatic hydroxyl groups is 1. The molecule has 1 amide bonds. The zero-order valence-electron chi connectivity index (χ0n) is 12.0. The smallest absolute Gasteiger partial charge is 0.221 e. The van der Waals surface area contributed by atoms with Gasteiger partial charge in [-0.05, 0) is 37.8 Å². The molecule has 1 saturated heterocycles. The van der Waals surface area contributed by atoms with Crippen LogP contribution in [0.5, 0.6) is 0 Å². The van der Waals surface area contributed by atoms with E-state index in [1.165, 1.54) is 12.8 Å². The SMILES string of the molecule is CC(C)(C)CC(O)CNC(=O)CCN1CCCC1. The molecule has 0 aliphatic carbocycles. The second-order valence-electron chi connectivity index (χ2n) is 6.52. The maximum Gasteiger partial charge on any atom is 0.221 e. The summed E-state index contributed by atoms with van der Waals surface area (Å²) in [6.45, 7) is 9.74. The first-order chi connectivity index (χ1) is 8.37. The third-order valence-electron chi connectivity index (χ3n) is 3.24. The van der Waals surface area contributed by atoms with E-state index < -0.39 is 6.10 Å². The second kappa shape index (κ2) is 7.10. The van der Waals surface area contributed by atoms with Crippen molar-refractivity contribution in [2.75, 3.05) is 26.2 Å². The summed E-state index contributed by atoms with van der Waals surface area (Å²) in [5, 5.41) is 12.6. The molecule has 0 saturated carbocycles. The Kier molecular flexibility index (Phi) is 6.09. The summed E-state index contributed by atoms with van der Waals surface area (Å²) in [6, 6.07) is 0. The summed E-state index contributed by atoms with van der Waals surface area (Å²) < 4.78 is 0. The first-order valence-corrected chi connectivity index (χ1v) is 7.04. The molecule has 4 heteroatoms. The van der Waals surface area contributed by atoms with Gasteiger partial charge in [-0.25, -0.2) is 0 Å². The largest absolute Gasteiger partial charge is 0.391 e. The lowest BCUT2D eigenvalue weighted by Gasteiger charge is -2.22. The normalized spacial score (nSPS) is 18.9. The van der Waals surface area contributed by atoms with Crippen LogP contribution in [0.1, 0.15) is 46.5 Å². The van der Waals surface area contributed by atoms with Gasteiger partial charge in [0, 0.05) is 19.5 Å². The first-order valence-electron chi connectivity index (χ1n) is 7.04. The molecule has 1 heterocycles. The Labute approximate surface area is 111 Å². The van der Waals surface area contributed by atoms with Crippen LogP contribution in [-0.4, -0.2) is 48.2 Å². The fourth-order valence-electron chi connectivity index (χ4n) is 2.36. The summed E-state index contributed by atoms with van der Waals surface area (Å²) in [7, 11) is 0. The zero-order chi connectivity index (χ0) is 13.6. The highest BCUT2D eigenvalue weighted by molar-refractivity contribution is 5.76. The summed E-state index contributed by atoms with van der Waals surface area (Å²) in [6.07, 6.45) is 3.32. The Morgan fingerprint density at radius 3 is 2.50 bits per heavy atom. The number of carbonyl (C=O) groups excluding carboxylic acids is 1.